The number of hydrogen-bond acceptors (Lipinski definition) is 5. The molecule has 6 nitrogen and oxygen atoms in total. The minimum absolute atomic E-state index is 0.111. The summed E-state index contributed by atoms with van der Waals surface area (Å²) in [5, 5.41) is 14.7. The number of aromatic hydroxyl groups is 1. The van der Waals surface area contributed by atoms with Crippen LogP contribution in [-0.2, 0) is 0 Å². The highest BCUT2D eigenvalue weighted by Crippen LogP contribution is 2.40. The molecule has 4 aromatic rings. The van der Waals surface area contributed by atoms with Crippen molar-refractivity contribution in [3.63, 3.8) is 0 Å². The van der Waals surface area contributed by atoms with Gasteiger partial charge in [-0.05, 0) is 31.9 Å². The lowest BCUT2D eigenvalue weighted by atomic mass is 10.2. The molecular formula is C18H15N5O. The van der Waals surface area contributed by atoms with Crippen molar-refractivity contribution >= 4 is 16.7 Å². The minimum Gasteiger partial charge on any atom is -0.493 e. The average molecular weight is 317 g/mol. The third kappa shape index (κ3) is 2.03. The van der Waals surface area contributed by atoms with Gasteiger partial charge in [0, 0.05) is 18.1 Å². The number of aromatic nitrogens is 5. The maximum atomic E-state index is 10.3. The van der Waals surface area contributed by atoms with Gasteiger partial charge in [0.2, 0.25) is 5.88 Å². The molecule has 1 saturated carbocycles. The van der Waals surface area contributed by atoms with Crippen molar-refractivity contribution < 1.29 is 5.11 Å². The monoisotopic (exact) mass is 317 g/mol. The first-order chi connectivity index (χ1) is 11.7. The summed E-state index contributed by atoms with van der Waals surface area (Å²) in [5.74, 6) is 0.584. The molecule has 0 atom stereocenters. The van der Waals surface area contributed by atoms with E-state index in [1.807, 2.05) is 37.3 Å². The van der Waals surface area contributed by atoms with Crippen LogP contribution in [0, 0.1) is 6.92 Å². The third-order valence-electron chi connectivity index (χ3n) is 4.41. The Morgan fingerprint density at radius 1 is 1.04 bits per heavy atom. The summed E-state index contributed by atoms with van der Waals surface area (Å²) in [5.41, 5.74) is 5.45. The van der Waals surface area contributed by atoms with Crippen LogP contribution in [0.25, 0.3) is 28.1 Å². The minimum atomic E-state index is 0.111. The van der Waals surface area contributed by atoms with Crippen LogP contribution >= 0.6 is 0 Å². The van der Waals surface area contributed by atoms with E-state index in [1.54, 1.807) is 6.07 Å². The van der Waals surface area contributed by atoms with Crippen molar-refractivity contribution in [3.05, 3.63) is 47.8 Å². The summed E-state index contributed by atoms with van der Waals surface area (Å²) in [7, 11) is 0. The second-order valence-electron chi connectivity index (χ2n) is 6.26. The van der Waals surface area contributed by atoms with E-state index in [0.717, 1.165) is 35.3 Å². The van der Waals surface area contributed by atoms with Crippen molar-refractivity contribution in [1.29, 1.82) is 0 Å². The normalized spacial score (nSPS) is 14.5. The van der Waals surface area contributed by atoms with Gasteiger partial charge < -0.3 is 5.11 Å². The zero-order valence-corrected chi connectivity index (χ0v) is 13.1. The Morgan fingerprint density at radius 3 is 2.54 bits per heavy atom. The van der Waals surface area contributed by atoms with Gasteiger partial charge >= 0.3 is 0 Å². The molecule has 3 aromatic heterocycles. The first-order valence-electron chi connectivity index (χ1n) is 8.02. The Labute approximate surface area is 137 Å². The molecule has 0 amide bonds. The second kappa shape index (κ2) is 4.74. The van der Waals surface area contributed by atoms with Gasteiger partial charge in [0.05, 0.1) is 22.4 Å². The van der Waals surface area contributed by atoms with Crippen LogP contribution < -0.4 is 0 Å². The molecule has 6 heteroatoms. The molecular weight excluding hydrogens is 302 g/mol. The van der Waals surface area contributed by atoms with E-state index in [1.165, 1.54) is 4.52 Å². The second-order valence-corrected chi connectivity index (χ2v) is 6.26. The number of benzene rings is 1. The van der Waals surface area contributed by atoms with Crippen molar-refractivity contribution in [3.8, 4) is 17.3 Å². The summed E-state index contributed by atoms with van der Waals surface area (Å²) in [4.78, 5) is 13.9. The molecule has 0 radical (unpaired) electrons. The van der Waals surface area contributed by atoms with Crippen LogP contribution in [0.4, 0.5) is 0 Å². The van der Waals surface area contributed by atoms with Gasteiger partial charge in [-0.1, -0.05) is 12.1 Å². The lowest BCUT2D eigenvalue weighted by molar-refractivity contribution is 0.434. The number of hydrogen-bond donors (Lipinski definition) is 1. The summed E-state index contributed by atoms with van der Waals surface area (Å²) >= 11 is 0. The Morgan fingerprint density at radius 2 is 1.79 bits per heavy atom. The molecule has 118 valence electrons. The Balaban J connectivity index is 1.71. The van der Waals surface area contributed by atoms with E-state index in [9.17, 15) is 5.11 Å². The maximum Gasteiger partial charge on any atom is 0.215 e. The predicted molar refractivity (Wildman–Crippen MR) is 89.9 cm³/mol. The molecule has 3 heterocycles. The van der Waals surface area contributed by atoms with E-state index in [2.05, 4.69) is 15.1 Å². The van der Waals surface area contributed by atoms with Crippen LogP contribution in [0.1, 0.15) is 30.1 Å². The highest BCUT2D eigenvalue weighted by Gasteiger charge is 2.26. The molecule has 1 aliphatic carbocycles. The fraction of sp³-hybridized carbons (Fsp3) is 0.222. The molecule has 1 N–H and O–H groups in total. The first-order valence-corrected chi connectivity index (χ1v) is 8.02. The van der Waals surface area contributed by atoms with Gasteiger partial charge in [0.25, 0.3) is 0 Å². The molecule has 1 fully saturated rings. The molecule has 0 spiro atoms. The van der Waals surface area contributed by atoms with Gasteiger partial charge in [-0.25, -0.2) is 15.0 Å². The fourth-order valence-electron chi connectivity index (χ4n) is 3.01. The van der Waals surface area contributed by atoms with Crippen molar-refractivity contribution in [2.24, 2.45) is 0 Å². The fourth-order valence-corrected chi connectivity index (χ4v) is 3.01. The van der Waals surface area contributed by atoms with E-state index in [0.29, 0.717) is 23.0 Å². The average Bonchev–Trinajstić information content (AvgIpc) is 3.34. The Bertz CT molecular complexity index is 1100. The summed E-state index contributed by atoms with van der Waals surface area (Å²) in [6, 6.07) is 11.3. The van der Waals surface area contributed by atoms with Crippen LogP contribution in [-0.4, -0.2) is 29.7 Å². The highest BCUT2D eigenvalue weighted by molar-refractivity contribution is 5.78. The summed E-state index contributed by atoms with van der Waals surface area (Å²) in [6.45, 7) is 1.92. The zero-order chi connectivity index (χ0) is 16.3. The van der Waals surface area contributed by atoms with E-state index < -0.39 is 0 Å². The lowest BCUT2D eigenvalue weighted by Crippen LogP contribution is -1.96. The molecule has 0 bridgehead atoms. The van der Waals surface area contributed by atoms with Crippen LogP contribution in [0.5, 0.6) is 5.88 Å². The highest BCUT2D eigenvalue weighted by atomic mass is 16.3. The quantitative estimate of drug-likeness (QED) is 0.614. The van der Waals surface area contributed by atoms with E-state index >= 15 is 0 Å². The largest absolute Gasteiger partial charge is 0.493 e. The van der Waals surface area contributed by atoms with Crippen LogP contribution in [0.2, 0.25) is 0 Å². The van der Waals surface area contributed by atoms with E-state index in [4.69, 9.17) is 4.98 Å². The van der Waals surface area contributed by atoms with Crippen molar-refractivity contribution in [2.45, 2.75) is 25.7 Å². The van der Waals surface area contributed by atoms with Crippen LogP contribution in [0.15, 0.2) is 36.4 Å². The molecule has 24 heavy (non-hydrogen) atoms. The number of rotatable bonds is 2. The van der Waals surface area contributed by atoms with Gasteiger partial charge in [0.1, 0.15) is 11.4 Å². The standard InChI is InChI=1S/C18H15N5O/c1-10-18(21-13-5-3-2-4-12(13)19-10)15-8-16-20-14(11-6-7-11)9-17(24)23(16)22-15/h2-5,8-9,11,24H,6-7H2,1H3. The van der Waals surface area contributed by atoms with E-state index in [-0.39, 0.29) is 5.88 Å². The van der Waals surface area contributed by atoms with Crippen molar-refractivity contribution in [2.75, 3.05) is 0 Å². The molecule has 1 aliphatic rings. The third-order valence-corrected chi connectivity index (χ3v) is 4.41. The lowest BCUT2D eigenvalue weighted by Gasteiger charge is -2.03. The maximum absolute atomic E-state index is 10.3. The first kappa shape index (κ1) is 13.4. The molecule has 0 aliphatic heterocycles. The molecule has 1 aromatic carbocycles. The molecule has 0 saturated heterocycles. The summed E-state index contributed by atoms with van der Waals surface area (Å²) in [6.07, 6.45) is 2.28. The zero-order valence-electron chi connectivity index (χ0n) is 13.1. The Hall–Kier alpha value is -3.02. The molecule has 5 rings (SSSR count). The number of para-hydroxylation sites is 2. The Kier molecular flexibility index (Phi) is 2.65. The SMILES string of the molecule is Cc1nc2ccccc2nc1-c1cc2nc(C3CC3)cc(O)n2n1. The summed E-state index contributed by atoms with van der Waals surface area (Å²) < 4.78 is 1.46. The number of aryl methyl sites for hydroxylation is 1. The number of nitrogens with zero attached hydrogens (tertiary/aromatic N) is 5. The topological polar surface area (TPSA) is 76.2 Å². The van der Waals surface area contributed by atoms with Crippen LogP contribution in [0.3, 0.4) is 0 Å². The van der Waals surface area contributed by atoms with Gasteiger partial charge in [0.15, 0.2) is 5.65 Å². The van der Waals surface area contributed by atoms with Gasteiger partial charge in [-0.2, -0.15) is 9.61 Å². The predicted octanol–water partition coefficient (Wildman–Crippen LogP) is 3.23. The van der Waals surface area contributed by atoms with Crippen molar-refractivity contribution in [1.82, 2.24) is 24.6 Å². The van der Waals surface area contributed by atoms with Gasteiger partial charge in [-0.3, -0.25) is 0 Å². The van der Waals surface area contributed by atoms with Gasteiger partial charge in [-0.15, -0.1) is 0 Å². The molecule has 0 unspecified atom stereocenters. The smallest absolute Gasteiger partial charge is 0.215 e. The number of fused-ring (bicyclic) bond motifs is 2.